The number of rotatable bonds is 5. The molecule has 1 rings (SSSR count). The molecule has 1 heterocycles. The highest BCUT2D eigenvalue weighted by Crippen LogP contribution is 2.25. The van der Waals surface area contributed by atoms with E-state index in [9.17, 15) is 5.11 Å². The van der Waals surface area contributed by atoms with Gasteiger partial charge in [0.2, 0.25) is 5.88 Å². The lowest BCUT2D eigenvalue weighted by Gasteiger charge is -2.11. The number of aromatic hydroxyl groups is 1. The normalized spacial score (nSPS) is 11.7. The second-order valence-electron chi connectivity index (χ2n) is 5.26. The Morgan fingerprint density at radius 2 is 1.69 bits per heavy atom. The fraction of sp³-hybridized carbons (Fsp3) is 0.769. The van der Waals surface area contributed by atoms with Crippen molar-refractivity contribution >= 4 is 0 Å². The van der Waals surface area contributed by atoms with Gasteiger partial charge in [-0.3, -0.25) is 4.68 Å². The first-order valence-corrected chi connectivity index (χ1v) is 6.23. The molecule has 0 bridgehead atoms. The highest BCUT2D eigenvalue weighted by molar-refractivity contribution is 5.31. The van der Waals surface area contributed by atoms with Crippen LogP contribution in [-0.2, 0) is 19.4 Å². The van der Waals surface area contributed by atoms with E-state index < -0.39 is 0 Å². The minimum atomic E-state index is 0.228. The molecular weight excluding hydrogens is 200 g/mol. The summed E-state index contributed by atoms with van der Waals surface area (Å²) in [7, 11) is 0. The molecule has 0 aliphatic carbocycles. The van der Waals surface area contributed by atoms with Crippen molar-refractivity contribution in [3.8, 4) is 5.88 Å². The van der Waals surface area contributed by atoms with E-state index in [2.05, 4.69) is 39.7 Å². The van der Waals surface area contributed by atoms with Crippen LogP contribution in [0.2, 0.25) is 0 Å². The molecule has 0 saturated heterocycles. The standard InChI is InChI=1S/C13H24N2O/c1-6-15-12(8-10(4)5)11(7-9(2)3)13(16)14-15/h9-10H,6-8H2,1-5H3,(H,14,16). The second kappa shape index (κ2) is 5.37. The molecule has 0 fully saturated rings. The molecule has 3 heteroatoms. The van der Waals surface area contributed by atoms with E-state index in [0.717, 1.165) is 24.9 Å². The summed E-state index contributed by atoms with van der Waals surface area (Å²) in [6, 6.07) is 0. The minimum absolute atomic E-state index is 0.228. The smallest absolute Gasteiger partial charge is 0.233 e. The summed E-state index contributed by atoms with van der Waals surface area (Å²) in [5, 5.41) is 14.1. The maximum atomic E-state index is 9.87. The van der Waals surface area contributed by atoms with Gasteiger partial charge in [-0.25, -0.2) is 0 Å². The lowest BCUT2D eigenvalue weighted by Crippen LogP contribution is -2.08. The summed E-state index contributed by atoms with van der Waals surface area (Å²) < 4.78 is 1.94. The molecule has 1 N–H and O–H groups in total. The SMILES string of the molecule is CCn1nc(O)c(CC(C)C)c1CC(C)C. The first kappa shape index (κ1) is 13.1. The Labute approximate surface area is 98.5 Å². The summed E-state index contributed by atoms with van der Waals surface area (Å²) >= 11 is 0. The van der Waals surface area contributed by atoms with Gasteiger partial charge in [0.15, 0.2) is 0 Å². The summed E-state index contributed by atoms with van der Waals surface area (Å²) in [6.45, 7) is 11.6. The Morgan fingerprint density at radius 3 is 2.12 bits per heavy atom. The summed E-state index contributed by atoms with van der Waals surface area (Å²) in [5.41, 5.74) is 2.26. The lowest BCUT2D eigenvalue weighted by molar-refractivity contribution is 0.431. The van der Waals surface area contributed by atoms with Crippen molar-refractivity contribution in [1.29, 1.82) is 0 Å². The van der Waals surface area contributed by atoms with Crippen molar-refractivity contribution in [2.75, 3.05) is 0 Å². The zero-order chi connectivity index (χ0) is 12.3. The maximum absolute atomic E-state index is 9.87. The summed E-state index contributed by atoms with van der Waals surface area (Å²) in [5.74, 6) is 1.37. The molecule has 1 aromatic rings. The maximum Gasteiger partial charge on any atom is 0.233 e. The van der Waals surface area contributed by atoms with Crippen molar-refractivity contribution in [2.24, 2.45) is 11.8 Å². The topological polar surface area (TPSA) is 38.0 Å². The Bertz CT molecular complexity index is 340. The first-order chi connectivity index (χ1) is 7.45. The third kappa shape index (κ3) is 3.00. The number of hydrogen-bond donors (Lipinski definition) is 1. The molecule has 3 nitrogen and oxygen atoms in total. The van der Waals surface area contributed by atoms with E-state index in [4.69, 9.17) is 0 Å². The van der Waals surface area contributed by atoms with Crippen LogP contribution in [0, 0.1) is 11.8 Å². The van der Waals surface area contributed by atoms with Gasteiger partial charge in [0.1, 0.15) is 0 Å². The van der Waals surface area contributed by atoms with Gasteiger partial charge in [0.25, 0.3) is 0 Å². The van der Waals surface area contributed by atoms with Crippen molar-refractivity contribution in [2.45, 2.75) is 54.0 Å². The average Bonchev–Trinajstić information content (AvgIpc) is 2.44. The Morgan fingerprint density at radius 1 is 1.12 bits per heavy atom. The van der Waals surface area contributed by atoms with E-state index in [1.54, 1.807) is 0 Å². The third-order valence-electron chi connectivity index (χ3n) is 2.66. The zero-order valence-corrected chi connectivity index (χ0v) is 11.1. The fourth-order valence-electron chi connectivity index (χ4n) is 2.01. The summed E-state index contributed by atoms with van der Waals surface area (Å²) in [4.78, 5) is 0. The molecule has 92 valence electrons. The van der Waals surface area contributed by atoms with Crippen LogP contribution in [0.25, 0.3) is 0 Å². The largest absolute Gasteiger partial charge is 0.492 e. The molecule has 0 spiro atoms. The van der Waals surface area contributed by atoms with Crippen LogP contribution in [0.5, 0.6) is 5.88 Å². The van der Waals surface area contributed by atoms with Crippen LogP contribution in [0.4, 0.5) is 0 Å². The van der Waals surface area contributed by atoms with E-state index >= 15 is 0 Å². The Hall–Kier alpha value is -0.990. The van der Waals surface area contributed by atoms with Gasteiger partial charge < -0.3 is 5.11 Å². The van der Waals surface area contributed by atoms with Gasteiger partial charge in [0, 0.05) is 17.8 Å². The number of aromatic nitrogens is 2. The number of aryl methyl sites for hydroxylation is 1. The van der Waals surface area contributed by atoms with E-state index in [1.807, 2.05) is 4.68 Å². The second-order valence-corrected chi connectivity index (χ2v) is 5.26. The number of hydrogen-bond acceptors (Lipinski definition) is 2. The molecule has 0 amide bonds. The molecular formula is C13H24N2O. The molecule has 0 radical (unpaired) electrons. The van der Waals surface area contributed by atoms with Gasteiger partial charge in [-0.15, -0.1) is 5.10 Å². The molecule has 0 aromatic carbocycles. The van der Waals surface area contributed by atoms with Gasteiger partial charge in [-0.1, -0.05) is 27.7 Å². The van der Waals surface area contributed by atoms with E-state index in [-0.39, 0.29) is 5.88 Å². The Kier molecular flexibility index (Phi) is 4.39. The van der Waals surface area contributed by atoms with Crippen molar-refractivity contribution in [3.63, 3.8) is 0 Å². The van der Waals surface area contributed by atoms with Crippen molar-refractivity contribution < 1.29 is 5.11 Å². The predicted molar refractivity (Wildman–Crippen MR) is 66.6 cm³/mol. The molecule has 0 aliphatic heterocycles. The van der Waals surface area contributed by atoms with E-state index in [0.29, 0.717) is 11.8 Å². The molecule has 0 saturated carbocycles. The van der Waals surface area contributed by atoms with Crippen LogP contribution in [0.1, 0.15) is 45.9 Å². The average molecular weight is 224 g/mol. The van der Waals surface area contributed by atoms with Gasteiger partial charge in [-0.05, 0) is 31.6 Å². The summed E-state index contributed by atoms with van der Waals surface area (Å²) in [6.07, 6.45) is 1.90. The molecule has 0 unspecified atom stereocenters. The number of nitrogens with zero attached hydrogens (tertiary/aromatic N) is 2. The van der Waals surface area contributed by atoms with Gasteiger partial charge in [0.05, 0.1) is 0 Å². The quantitative estimate of drug-likeness (QED) is 0.835. The Balaban J connectivity index is 3.07. The molecule has 0 aliphatic rings. The third-order valence-corrected chi connectivity index (χ3v) is 2.66. The van der Waals surface area contributed by atoms with Crippen LogP contribution in [0.15, 0.2) is 0 Å². The highest BCUT2D eigenvalue weighted by atomic mass is 16.3. The van der Waals surface area contributed by atoms with Crippen LogP contribution in [-0.4, -0.2) is 14.9 Å². The zero-order valence-electron chi connectivity index (χ0n) is 11.1. The molecule has 1 aromatic heterocycles. The van der Waals surface area contributed by atoms with Crippen LogP contribution < -0.4 is 0 Å². The van der Waals surface area contributed by atoms with Gasteiger partial charge in [-0.2, -0.15) is 0 Å². The monoisotopic (exact) mass is 224 g/mol. The minimum Gasteiger partial charge on any atom is -0.492 e. The van der Waals surface area contributed by atoms with E-state index in [1.165, 1.54) is 5.69 Å². The van der Waals surface area contributed by atoms with Crippen LogP contribution in [0.3, 0.4) is 0 Å². The molecule has 16 heavy (non-hydrogen) atoms. The van der Waals surface area contributed by atoms with Crippen LogP contribution >= 0.6 is 0 Å². The first-order valence-electron chi connectivity index (χ1n) is 6.23. The van der Waals surface area contributed by atoms with Crippen molar-refractivity contribution in [1.82, 2.24) is 9.78 Å². The van der Waals surface area contributed by atoms with Gasteiger partial charge >= 0.3 is 0 Å². The lowest BCUT2D eigenvalue weighted by atomic mass is 9.98. The fourth-order valence-corrected chi connectivity index (χ4v) is 2.01. The highest BCUT2D eigenvalue weighted by Gasteiger charge is 2.18. The van der Waals surface area contributed by atoms with Crippen molar-refractivity contribution in [3.05, 3.63) is 11.3 Å². The molecule has 0 atom stereocenters. The predicted octanol–water partition coefficient (Wildman–Crippen LogP) is 3.01.